The average molecular weight is 283 g/mol. The summed E-state index contributed by atoms with van der Waals surface area (Å²) in [5.41, 5.74) is -2.04. The summed E-state index contributed by atoms with van der Waals surface area (Å²) >= 11 is 0. The molecule has 0 bridgehead atoms. The van der Waals surface area contributed by atoms with Crippen LogP contribution >= 0.6 is 0 Å². The Morgan fingerprint density at radius 1 is 1.20 bits per heavy atom. The van der Waals surface area contributed by atoms with Gasteiger partial charge in [-0.05, 0) is 40.7 Å². The molecule has 2 N–H and O–H groups in total. The van der Waals surface area contributed by atoms with E-state index in [0.29, 0.717) is 0 Å². The quantitative estimate of drug-likeness (QED) is 0.893. The van der Waals surface area contributed by atoms with Gasteiger partial charge in [0.2, 0.25) is 0 Å². The summed E-state index contributed by atoms with van der Waals surface area (Å²) in [5.74, 6) is -0.532. The second-order valence-electron chi connectivity index (χ2n) is 6.40. The number of rotatable bonds is 3. The molecule has 0 radical (unpaired) electrons. The fourth-order valence-corrected chi connectivity index (χ4v) is 2.32. The first kappa shape index (κ1) is 16.4. The molecule has 0 heterocycles. The summed E-state index contributed by atoms with van der Waals surface area (Å²) in [6, 6.07) is 4.92. The number of hydrogen-bond acceptors (Lipinski definition) is 2. The second-order valence-corrected chi connectivity index (χ2v) is 6.40. The van der Waals surface area contributed by atoms with Gasteiger partial charge >= 0.3 is 6.09 Å². The molecule has 1 aromatic carbocycles. The van der Waals surface area contributed by atoms with E-state index in [9.17, 15) is 19.4 Å². The van der Waals surface area contributed by atoms with E-state index in [1.807, 2.05) is 0 Å². The first-order chi connectivity index (χ1) is 8.96. The number of aliphatic hydroxyl groups is 1. The van der Waals surface area contributed by atoms with E-state index in [-0.39, 0.29) is 5.56 Å². The number of amides is 1. The zero-order valence-electron chi connectivity index (χ0n) is 12.5. The highest BCUT2D eigenvalue weighted by molar-refractivity contribution is 5.67. The number of carbonyl (C=O) groups is 1. The van der Waals surface area contributed by atoms with Crippen LogP contribution in [0, 0.1) is 5.82 Å². The van der Waals surface area contributed by atoms with E-state index in [4.69, 9.17) is 0 Å². The highest BCUT2D eigenvalue weighted by Crippen LogP contribution is 2.37. The molecule has 1 amide bonds. The maximum absolute atomic E-state index is 14.1. The van der Waals surface area contributed by atoms with Gasteiger partial charge in [-0.3, -0.25) is 4.90 Å². The molecule has 1 aromatic rings. The number of carboxylic acid groups (broad SMARTS) is 1. The largest absolute Gasteiger partial charge is 0.465 e. The van der Waals surface area contributed by atoms with E-state index in [0.717, 1.165) is 4.90 Å². The first-order valence-electron chi connectivity index (χ1n) is 6.45. The number of halogens is 1. The van der Waals surface area contributed by atoms with Gasteiger partial charge in [-0.25, -0.2) is 9.18 Å². The Bertz CT molecular complexity index is 489. The molecular formula is C15H22FNO3. The lowest BCUT2D eigenvalue weighted by Gasteiger charge is -2.44. The standard InChI is InChI=1S/C15H22FNO3/c1-14(2,3)17(13(18)19)12(15(4,5)20)10-8-6-7-9-11(10)16/h6-9,12,20H,1-5H3,(H,18,19). The summed E-state index contributed by atoms with van der Waals surface area (Å²) in [6.45, 7) is 8.08. The summed E-state index contributed by atoms with van der Waals surface area (Å²) in [5, 5.41) is 19.9. The molecule has 0 fully saturated rings. The van der Waals surface area contributed by atoms with Gasteiger partial charge in [-0.1, -0.05) is 18.2 Å². The monoisotopic (exact) mass is 283 g/mol. The molecule has 112 valence electrons. The fourth-order valence-electron chi connectivity index (χ4n) is 2.32. The van der Waals surface area contributed by atoms with Crippen LogP contribution in [0.1, 0.15) is 46.2 Å². The third kappa shape index (κ3) is 3.48. The minimum absolute atomic E-state index is 0.164. The van der Waals surface area contributed by atoms with Gasteiger partial charge in [0.05, 0.1) is 11.6 Å². The molecule has 1 atom stereocenters. The molecule has 4 nitrogen and oxygen atoms in total. The van der Waals surface area contributed by atoms with Crippen molar-refractivity contribution in [3.8, 4) is 0 Å². The molecule has 0 aliphatic rings. The van der Waals surface area contributed by atoms with Crippen LogP contribution in [-0.2, 0) is 0 Å². The summed E-state index contributed by atoms with van der Waals surface area (Å²) in [7, 11) is 0. The van der Waals surface area contributed by atoms with Gasteiger partial charge in [0.25, 0.3) is 0 Å². The zero-order valence-corrected chi connectivity index (χ0v) is 12.5. The van der Waals surface area contributed by atoms with Crippen LogP contribution in [0.15, 0.2) is 24.3 Å². The van der Waals surface area contributed by atoms with E-state index in [1.165, 1.54) is 32.0 Å². The lowest BCUT2D eigenvalue weighted by molar-refractivity contribution is -0.0453. The Kier molecular flexibility index (Phi) is 4.44. The van der Waals surface area contributed by atoms with E-state index in [2.05, 4.69) is 0 Å². The molecule has 0 aliphatic heterocycles. The van der Waals surface area contributed by atoms with Gasteiger partial charge < -0.3 is 10.2 Å². The minimum atomic E-state index is -1.42. The van der Waals surface area contributed by atoms with Crippen LogP contribution in [0.4, 0.5) is 9.18 Å². The normalized spacial score (nSPS) is 13.9. The Balaban J connectivity index is 3.48. The number of benzene rings is 1. The summed E-state index contributed by atoms with van der Waals surface area (Å²) in [4.78, 5) is 12.7. The van der Waals surface area contributed by atoms with E-state index >= 15 is 0 Å². The van der Waals surface area contributed by atoms with Gasteiger partial charge in [0, 0.05) is 11.1 Å². The van der Waals surface area contributed by atoms with Crippen molar-refractivity contribution < 1.29 is 19.4 Å². The summed E-state index contributed by atoms with van der Waals surface area (Å²) in [6.07, 6.45) is -1.20. The fraction of sp³-hybridized carbons (Fsp3) is 0.533. The van der Waals surface area contributed by atoms with Gasteiger partial charge in [-0.2, -0.15) is 0 Å². The SMILES string of the molecule is CC(C)(O)C(c1ccccc1F)N(C(=O)O)C(C)(C)C. The van der Waals surface area contributed by atoms with Crippen LogP contribution in [-0.4, -0.2) is 32.3 Å². The molecule has 0 aliphatic carbocycles. The smallest absolute Gasteiger partial charge is 0.408 e. The van der Waals surface area contributed by atoms with Crippen molar-refractivity contribution in [3.05, 3.63) is 35.6 Å². The molecule has 1 rings (SSSR count). The van der Waals surface area contributed by atoms with Crippen molar-refractivity contribution in [2.24, 2.45) is 0 Å². The van der Waals surface area contributed by atoms with Crippen molar-refractivity contribution in [1.29, 1.82) is 0 Å². The predicted molar refractivity (Wildman–Crippen MR) is 75.1 cm³/mol. The van der Waals surface area contributed by atoms with E-state index < -0.39 is 29.1 Å². The van der Waals surface area contributed by atoms with Crippen LogP contribution in [0.3, 0.4) is 0 Å². The highest BCUT2D eigenvalue weighted by Gasteiger charge is 2.43. The molecule has 5 heteroatoms. The van der Waals surface area contributed by atoms with Crippen LogP contribution in [0.25, 0.3) is 0 Å². The Labute approximate surface area is 118 Å². The maximum atomic E-state index is 14.1. The van der Waals surface area contributed by atoms with Gasteiger partial charge in [-0.15, -0.1) is 0 Å². The average Bonchev–Trinajstić information content (AvgIpc) is 2.23. The zero-order chi connectivity index (χ0) is 15.7. The minimum Gasteiger partial charge on any atom is -0.465 e. The van der Waals surface area contributed by atoms with Crippen LogP contribution in [0.2, 0.25) is 0 Å². The van der Waals surface area contributed by atoms with Crippen molar-refractivity contribution in [2.45, 2.75) is 51.8 Å². The van der Waals surface area contributed by atoms with Gasteiger partial charge in [0.1, 0.15) is 5.82 Å². The number of nitrogens with zero attached hydrogens (tertiary/aromatic N) is 1. The molecule has 0 spiro atoms. The third-order valence-electron chi connectivity index (χ3n) is 3.06. The molecule has 0 saturated carbocycles. The molecule has 20 heavy (non-hydrogen) atoms. The van der Waals surface area contributed by atoms with Crippen molar-refractivity contribution in [1.82, 2.24) is 4.90 Å². The first-order valence-corrected chi connectivity index (χ1v) is 6.45. The van der Waals surface area contributed by atoms with Crippen molar-refractivity contribution in [2.75, 3.05) is 0 Å². The van der Waals surface area contributed by atoms with Gasteiger partial charge in [0.15, 0.2) is 0 Å². The topological polar surface area (TPSA) is 60.8 Å². The Hall–Kier alpha value is -1.62. The second kappa shape index (κ2) is 5.40. The molecular weight excluding hydrogens is 261 g/mol. The van der Waals surface area contributed by atoms with Crippen LogP contribution < -0.4 is 0 Å². The molecule has 0 saturated heterocycles. The lowest BCUT2D eigenvalue weighted by atomic mass is 9.87. The Morgan fingerprint density at radius 3 is 2.05 bits per heavy atom. The van der Waals surface area contributed by atoms with Crippen molar-refractivity contribution in [3.63, 3.8) is 0 Å². The Morgan fingerprint density at radius 2 is 1.70 bits per heavy atom. The number of hydrogen-bond donors (Lipinski definition) is 2. The molecule has 0 aromatic heterocycles. The van der Waals surface area contributed by atoms with Crippen molar-refractivity contribution >= 4 is 6.09 Å². The predicted octanol–water partition coefficient (Wildman–Crippen LogP) is 3.42. The lowest BCUT2D eigenvalue weighted by Crippen LogP contribution is -2.53. The molecule has 1 unspecified atom stereocenters. The van der Waals surface area contributed by atoms with E-state index in [1.54, 1.807) is 26.8 Å². The maximum Gasteiger partial charge on any atom is 0.408 e. The summed E-state index contributed by atoms with van der Waals surface area (Å²) < 4.78 is 14.1. The highest BCUT2D eigenvalue weighted by atomic mass is 19.1. The van der Waals surface area contributed by atoms with Crippen LogP contribution in [0.5, 0.6) is 0 Å². The third-order valence-corrected chi connectivity index (χ3v) is 3.06.